The molecular weight excluding hydrogens is 562 g/mol. The first-order chi connectivity index (χ1) is 21.2. The lowest BCUT2D eigenvalue weighted by Crippen LogP contribution is -2.61. The average Bonchev–Trinajstić information content (AvgIpc) is 3.01. The fourth-order valence-corrected chi connectivity index (χ4v) is 5.98. The van der Waals surface area contributed by atoms with Crippen LogP contribution in [0.4, 0.5) is 4.79 Å². The number of ether oxygens (including phenoxy) is 1. The molecular formula is C33H43N5O6. The van der Waals surface area contributed by atoms with Gasteiger partial charge in [-0.1, -0.05) is 36.4 Å². The number of aliphatic hydroxyl groups excluding tert-OH is 1. The highest BCUT2D eigenvalue weighted by Gasteiger charge is 2.35. The molecule has 3 aliphatic rings. The van der Waals surface area contributed by atoms with Crippen LogP contribution in [0.15, 0.2) is 48.5 Å². The number of amides is 5. The van der Waals surface area contributed by atoms with Crippen LogP contribution in [-0.4, -0.2) is 89.6 Å². The fourth-order valence-electron chi connectivity index (χ4n) is 5.98. The van der Waals surface area contributed by atoms with Crippen LogP contribution in [0.5, 0.6) is 5.75 Å². The van der Waals surface area contributed by atoms with Gasteiger partial charge in [0.05, 0.1) is 32.2 Å². The van der Waals surface area contributed by atoms with E-state index < -0.39 is 30.1 Å². The van der Waals surface area contributed by atoms with Gasteiger partial charge in [0.25, 0.3) is 0 Å². The fraction of sp³-hybridized carbons (Fsp3) is 0.515. The molecule has 11 nitrogen and oxygen atoms in total. The summed E-state index contributed by atoms with van der Waals surface area (Å²) in [4.78, 5) is 56.9. The molecule has 4 bridgehead atoms. The topological polar surface area (TPSA) is 140 Å². The van der Waals surface area contributed by atoms with Gasteiger partial charge in [-0.05, 0) is 73.8 Å². The maximum absolute atomic E-state index is 13.8. The van der Waals surface area contributed by atoms with E-state index in [2.05, 4.69) is 16.0 Å². The van der Waals surface area contributed by atoms with E-state index in [1.54, 1.807) is 4.90 Å². The third kappa shape index (κ3) is 8.28. The zero-order chi connectivity index (χ0) is 31.1. The van der Waals surface area contributed by atoms with E-state index in [-0.39, 0.29) is 43.8 Å². The first-order valence-electron chi connectivity index (χ1n) is 15.6. The van der Waals surface area contributed by atoms with Gasteiger partial charge in [-0.15, -0.1) is 0 Å². The van der Waals surface area contributed by atoms with Crippen LogP contribution in [-0.2, 0) is 27.3 Å². The number of rotatable bonds is 4. The Bertz CT molecular complexity index is 1330. The number of carbonyl (C=O) groups excluding carboxylic acids is 4. The minimum absolute atomic E-state index is 0.159. The van der Waals surface area contributed by atoms with E-state index >= 15 is 0 Å². The Labute approximate surface area is 258 Å². The van der Waals surface area contributed by atoms with Gasteiger partial charge < -0.3 is 35.6 Å². The van der Waals surface area contributed by atoms with Crippen LogP contribution in [0, 0.1) is 12.8 Å². The molecule has 1 unspecified atom stereocenters. The van der Waals surface area contributed by atoms with E-state index in [0.29, 0.717) is 32.5 Å². The Morgan fingerprint density at radius 1 is 1.05 bits per heavy atom. The molecule has 2 saturated heterocycles. The maximum Gasteiger partial charge on any atom is 0.318 e. The van der Waals surface area contributed by atoms with Crippen LogP contribution in [0.3, 0.4) is 0 Å². The second-order valence-corrected chi connectivity index (χ2v) is 12.1. The van der Waals surface area contributed by atoms with E-state index in [9.17, 15) is 24.3 Å². The van der Waals surface area contributed by atoms with Crippen molar-refractivity contribution in [2.45, 2.75) is 70.2 Å². The zero-order valence-electron chi connectivity index (χ0n) is 25.3. The number of β-amino-alcohol motifs (C(OH)–C–C–N with tert-alkyl or cyclic N) is 1. The van der Waals surface area contributed by atoms with Crippen molar-refractivity contribution in [2.75, 3.05) is 32.8 Å². The van der Waals surface area contributed by atoms with Crippen molar-refractivity contribution in [3.05, 3.63) is 65.2 Å². The number of urea groups is 1. The summed E-state index contributed by atoms with van der Waals surface area (Å²) < 4.78 is 6.08. The second-order valence-electron chi connectivity index (χ2n) is 12.1. The van der Waals surface area contributed by atoms with Crippen LogP contribution >= 0.6 is 0 Å². The van der Waals surface area contributed by atoms with Gasteiger partial charge >= 0.3 is 6.03 Å². The SMILES string of the molecule is Cc1ccc2cc1CNC(=O)[C@H](CCc1ccccc1)NC(=O)[C@@H](NC(=O)N1CC(O)C1)CC(=O)N1CCCC(CCO2)C1. The number of nitrogens with zero attached hydrogens (tertiary/aromatic N) is 2. The first kappa shape index (κ1) is 31.3. The summed E-state index contributed by atoms with van der Waals surface area (Å²) in [6, 6.07) is 12.9. The molecule has 2 aromatic rings. The summed E-state index contributed by atoms with van der Waals surface area (Å²) in [6.07, 6.45) is 2.65. The Hall–Kier alpha value is -4.12. The predicted molar refractivity (Wildman–Crippen MR) is 164 cm³/mol. The molecule has 44 heavy (non-hydrogen) atoms. The molecule has 2 fully saturated rings. The summed E-state index contributed by atoms with van der Waals surface area (Å²) in [5.74, 6) is -0.187. The molecule has 11 heteroatoms. The molecule has 5 amide bonds. The number of likely N-dealkylation sites (tertiary alicyclic amines) is 1. The summed E-state index contributed by atoms with van der Waals surface area (Å²) in [7, 11) is 0. The lowest BCUT2D eigenvalue weighted by atomic mass is 9.94. The van der Waals surface area contributed by atoms with Crippen LogP contribution in [0.2, 0.25) is 0 Å². The number of hydrogen-bond donors (Lipinski definition) is 4. The van der Waals surface area contributed by atoms with Gasteiger partial charge in [-0.25, -0.2) is 4.79 Å². The number of hydrogen-bond acceptors (Lipinski definition) is 6. The molecule has 3 heterocycles. The van der Waals surface area contributed by atoms with Crippen LogP contribution in [0.1, 0.15) is 48.8 Å². The monoisotopic (exact) mass is 605 g/mol. The Balaban J connectivity index is 1.39. The molecule has 3 aliphatic heterocycles. The molecule has 0 radical (unpaired) electrons. The van der Waals surface area contributed by atoms with Crippen molar-refractivity contribution in [1.29, 1.82) is 0 Å². The second kappa shape index (κ2) is 14.6. The van der Waals surface area contributed by atoms with Crippen molar-refractivity contribution in [1.82, 2.24) is 25.8 Å². The van der Waals surface area contributed by atoms with E-state index in [0.717, 1.165) is 41.7 Å². The minimum atomic E-state index is -1.18. The van der Waals surface area contributed by atoms with Crippen LogP contribution in [0.25, 0.3) is 0 Å². The van der Waals surface area contributed by atoms with Crippen molar-refractivity contribution >= 4 is 23.8 Å². The molecule has 4 N–H and O–H groups in total. The minimum Gasteiger partial charge on any atom is -0.494 e. The third-order valence-corrected chi connectivity index (χ3v) is 8.78. The van der Waals surface area contributed by atoms with Crippen molar-refractivity contribution < 1.29 is 29.0 Å². The summed E-state index contributed by atoms with van der Waals surface area (Å²) in [5, 5.41) is 18.2. The largest absolute Gasteiger partial charge is 0.494 e. The number of fused-ring (bicyclic) bond motifs is 4. The highest BCUT2D eigenvalue weighted by atomic mass is 16.5. The molecule has 5 rings (SSSR count). The van der Waals surface area contributed by atoms with Gasteiger partial charge in [0.2, 0.25) is 17.7 Å². The molecule has 0 aromatic heterocycles. The number of aliphatic hydroxyl groups is 1. The van der Waals surface area contributed by atoms with E-state index in [1.807, 2.05) is 55.5 Å². The maximum atomic E-state index is 13.8. The number of piperidine rings is 1. The van der Waals surface area contributed by atoms with Crippen LogP contribution < -0.4 is 20.7 Å². The van der Waals surface area contributed by atoms with Crippen molar-refractivity contribution in [3.8, 4) is 5.75 Å². The summed E-state index contributed by atoms with van der Waals surface area (Å²) in [5.41, 5.74) is 2.95. The summed E-state index contributed by atoms with van der Waals surface area (Å²) >= 11 is 0. The molecule has 0 spiro atoms. The number of carbonyl (C=O) groups is 4. The normalized spacial score (nSPS) is 23.8. The van der Waals surface area contributed by atoms with Gasteiger partial charge in [-0.2, -0.15) is 0 Å². The number of benzene rings is 2. The van der Waals surface area contributed by atoms with E-state index in [1.165, 1.54) is 4.90 Å². The smallest absolute Gasteiger partial charge is 0.318 e. The lowest BCUT2D eigenvalue weighted by Gasteiger charge is -2.37. The quantitative estimate of drug-likeness (QED) is 0.420. The van der Waals surface area contributed by atoms with Gasteiger partial charge in [0, 0.05) is 19.6 Å². The molecule has 0 saturated carbocycles. The Morgan fingerprint density at radius 3 is 2.61 bits per heavy atom. The predicted octanol–water partition coefficient (Wildman–Crippen LogP) is 1.89. The summed E-state index contributed by atoms with van der Waals surface area (Å²) in [6.45, 7) is 4.20. The Morgan fingerprint density at radius 2 is 1.84 bits per heavy atom. The molecule has 0 aliphatic carbocycles. The average molecular weight is 606 g/mol. The number of nitrogens with one attached hydrogen (secondary N) is 3. The highest BCUT2D eigenvalue weighted by molar-refractivity contribution is 5.94. The highest BCUT2D eigenvalue weighted by Crippen LogP contribution is 2.23. The van der Waals surface area contributed by atoms with Crippen molar-refractivity contribution in [2.24, 2.45) is 5.92 Å². The molecule has 3 atom stereocenters. The number of aryl methyl sites for hydroxylation is 2. The van der Waals surface area contributed by atoms with Gasteiger partial charge in [0.15, 0.2) is 0 Å². The van der Waals surface area contributed by atoms with Gasteiger partial charge in [-0.3, -0.25) is 14.4 Å². The Kier molecular flexibility index (Phi) is 10.4. The lowest BCUT2D eigenvalue weighted by molar-refractivity contribution is -0.137. The third-order valence-electron chi connectivity index (χ3n) is 8.78. The molecule has 2 aromatic carbocycles. The van der Waals surface area contributed by atoms with Crippen molar-refractivity contribution in [3.63, 3.8) is 0 Å². The van der Waals surface area contributed by atoms with Gasteiger partial charge in [0.1, 0.15) is 17.8 Å². The first-order valence-corrected chi connectivity index (χ1v) is 15.6. The molecule has 236 valence electrons. The zero-order valence-corrected chi connectivity index (χ0v) is 25.3. The standard InChI is InChI=1S/C33H43N5O6/c1-22-9-11-27-16-25(22)18-34-31(41)28(12-10-23-6-3-2-4-7-23)35-32(42)29(36-33(43)38-20-26(39)21-38)17-30(40)37-14-5-8-24(19-37)13-15-44-27/h2-4,6-7,9,11,16,24,26,28-29,39H,5,8,10,12-15,17-21H2,1H3,(H,34,41)(H,35,42)(H,36,43)/t24?,28-,29-/m0/s1. The van der Waals surface area contributed by atoms with E-state index in [4.69, 9.17) is 4.74 Å².